The maximum atomic E-state index is 12.9. The largest absolute Gasteiger partial charge is 0.361 e. The normalized spacial score (nSPS) is 12.2. The first-order chi connectivity index (χ1) is 14.7. The number of benzene rings is 1. The van der Waals surface area contributed by atoms with Crippen LogP contribution in [0, 0.1) is 0 Å². The van der Waals surface area contributed by atoms with Gasteiger partial charge in [0.1, 0.15) is 17.0 Å². The van der Waals surface area contributed by atoms with Crippen molar-refractivity contribution >= 4 is 33.3 Å². The molecule has 0 spiro atoms. The molecule has 4 aromatic rings. The van der Waals surface area contributed by atoms with Crippen molar-refractivity contribution in [3.05, 3.63) is 59.3 Å². The second-order valence-electron chi connectivity index (χ2n) is 7.19. The molecule has 4 N–H and O–H groups in total. The zero-order valence-electron chi connectivity index (χ0n) is 16.8. The van der Waals surface area contributed by atoms with Gasteiger partial charge in [-0.05, 0) is 24.5 Å². The first kappa shape index (κ1) is 20.1. The van der Waals surface area contributed by atoms with E-state index < -0.39 is 0 Å². The monoisotopic (exact) mass is 423 g/mol. The summed E-state index contributed by atoms with van der Waals surface area (Å²) in [5.41, 5.74) is 2.35. The van der Waals surface area contributed by atoms with E-state index in [9.17, 15) is 4.79 Å². The molecule has 3 heterocycles. The van der Waals surface area contributed by atoms with Crippen LogP contribution in [0.3, 0.4) is 0 Å². The van der Waals surface area contributed by atoms with E-state index in [0.717, 1.165) is 37.0 Å². The fourth-order valence-corrected chi connectivity index (χ4v) is 4.15. The molecule has 156 valence electrons. The number of nitrogens with zero attached hydrogens (tertiary/aromatic N) is 3. The topological polar surface area (TPSA) is 111 Å². The van der Waals surface area contributed by atoms with Crippen LogP contribution in [0.25, 0.3) is 10.9 Å². The van der Waals surface area contributed by atoms with Crippen LogP contribution >= 0.6 is 11.3 Å². The standard InChI is InChI=1S/C21H25N7OS/c1-2-3-6-15(9-14-10-22-17-8-5-4-7-16(14)17)27-20(29)18-11-23-21(30-18)24-12-19-25-13-26-28-19/h4-5,7-8,10-11,13,15,22H,2-3,6,9,12H2,1H3,(H,23,24)(H,27,29)(H,25,26,28). The van der Waals surface area contributed by atoms with Gasteiger partial charge in [0.15, 0.2) is 5.13 Å². The molecular weight excluding hydrogens is 398 g/mol. The third kappa shape index (κ3) is 4.85. The lowest BCUT2D eigenvalue weighted by atomic mass is 10.0. The number of aromatic amines is 2. The van der Waals surface area contributed by atoms with Crippen molar-refractivity contribution in [1.29, 1.82) is 0 Å². The highest BCUT2D eigenvalue weighted by Gasteiger charge is 2.18. The Kier molecular flexibility index (Phi) is 6.38. The molecule has 0 saturated carbocycles. The van der Waals surface area contributed by atoms with E-state index in [-0.39, 0.29) is 11.9 Å². The number of rotatable bonds is 10. The number of amides is 1. The molecule has 1 unspecified atom stereocenters. The number of thiazole rings is 1. The maximum Gasteiger partial charge on any atom is 0.263 e. The summed E-state index contributed by atoms with van der Waals surface area (Å²) in [6.45, 7) is 2.65. The predicted molar refractivity (Wildman–Crippen MR) is 119 cm³/mol. The predicted octanol–water partition coefficient (Wildman–Crippen LogP) is 3.89. The zero-order valence-corrected chi connectivity index (χ0v) is 17.6. The van der Waals surface area contributed by atoms with Crippen LogP contribution in [-0.2, 0) is 13.0 Å². The Bertz CT molecular complexity index is 1090. The summed E-state index contributed by atoms with van der Waals surface area (Å²) in [7, 11) is 0. The van der Waals surface area contributed by atoms with Crippen molar-refractivity contribution in [1.82, 2.24) is 30.5 Å². The Balaban J connectivity index is 1.40. The van der Waals surface area contributed by atoms with Gasteiger partial charge < -0.3 is 15.6 Å². The summed E-state index contributed by atoms with van der Waals surface area (Å²) in [4.78, 5) is 25.1. The highest BCUT2D eigenvalue weighted by atomic mass is 32.1. The van der Waals surface area contributed by atoms with Crippen molar-refractivity contribution in [3.8, 4) is 0 Å². The minimum Gasteiger partial charge on any atom is -0.361 e. The van der Waals surface area contributed by atoms with Crippen LogP contribution < -0.4 is 10.6 Å². The van der Waals surface area contributed by atoms with Crippen molar-refractivity contribution in [2.24, 2.45) is 0 Å². The lowest BCUT2D eigenvalue weighted by molar-refractivity contribution is 0.0938. The number of unbranched alkanes of at least 4 members (excludes halogenated alkanes) is 1. The molecule has 4 rings (SSSR count). The number of H-pyrrole nitrogens is 2. The van der Waals surface area contributed by atoms with Gasteiger partial charge in [-0.15, -0.1) is 0 Å². The Morgan fingerprint density at radius 2 is 2.17 bits per heavy atom. The Labute approximate surface area is 178 Å². The summed E-state index contributed by atoms with van der Waals surface area (Å²) in [6, 6.07) is 8.34. The van der Waals surface area contributed by atoms with E-state index in [1.54, 1.807) is 6.20 Å². The lowest BCUT2D eigenvalue weighted by Crippen LogP contribution is -2.36. The second kappa shape index (κ2) is 9.53. The van der Waals surface area contributed by atoms with Gasteiger partial charge in [0.2, 0.25) is 0 Å². The number of carbonyl (C=O) groups is 1. The molecule has 0 aliphatic rings. The second-order valence-corrected chi connectivity index (χ2v) is 8.22. The number of nitrogens with one attached hydrogen (secondary N) is 4. The van der Waals surface area contributed by atoms with E-state index in [1.165, 1.54) is 28.6 Å². The van der Waals surface area contributed by atoms with Crippen LogP contribution in [0.4, 0.5) is 5.13 Å². The summed E-state index contributed by atoms with van der Waals surface area (Å²) >= 11 is 1.34. The highest BCUT2D eigenvalue weighted by Crippen LogP contribution is 2.22. The average Bonchev–Trinajstić information content (AvgIpc) is 3.51. The molecule has 8 nitrogen and oxygen atoms in total. The molecule has 0 radical (unpaired) electrons. The van der Waals surface area contributed by atoms with Gasteiger partial charge >= 0.3 is 0 Å². The molecule has 3 aromatic heterocycles. The highest BCUT2D eigenvalue weighted by molar-refractivity contribution is 7.17. The molecule has 1 atom stereocenters. The fourth-order valence-electron chi connectivity index (χ4n) is 3.43. The molecule has 0 aliphatic heterocycles. The Morgan fingerprint density at radius 1 is 1.27 bits per heavy atom. The number of carbonyl (C=O) groups excluding carboxylic acids is 1. The number of hydrogen-bond donors (Lipinski definition) is 4. The molecule has 9 heteroatoms. The van der Waals surface area contributed by atoms with Gasteiger partial charge in [-0.25, -0.2) is 9.97 Å². The van der Waals surface area contributed by atoms with Crippen molar-refractivity contribution in [2.45, 2.75) is 45.2 Å². The Hall–Kier alpha value is -3.20. The summed E-state index contributed by atoms with van der Waals surface area (Å²) in [5, 5.41) is 14.9. The fraction of sp³-hybridized carbons (Fsp3) is 0.333. The van der Waals surface area contributed by atoms with Gasteiger partial charge in [0.05, 0.1) is 12.7 Å². The first-order valence-electron chi connectivity index (χ1n) is 10.1. The van der Waals surface area contributed by atoms with Crippen LogP contribution in [0.1, 0.15) is 47.2 Å². The van der Waals surface area contributed by atoms with Crippen LogP contribution in [0.2, 0.25) is 0 Å². The third-order valence-electron chi connectivity index (χ3n) is 4.98. The minimum atomic E-state index is -0.0823. The number of anilines is 1. The van der Waals surface area contributed by atoms with Crippen LogP contribution in [0.15, 0.2) is 43.0 Å². The average molecular weight is 424 g/mol. The molecule has 1 aromatic carbocycles. The summed E-state index contributed by atoms with van der Waals surface area (Å²) < 4.78 is 0. The molecule has 0 saturated heterocycles. The van der Waals surface area contributed by atoms with E-state index in [0.29, 0.717) is 16.6 Å². The summed E-state index contributed by atoms with van der Waals surface area (Å²) in [5.74, 6) is 0.635. The maximum absolute atomic E-state index is 12.9. The van der Waals surface area contributed by atoms with Crippen molar-refractivity contribution in [2.75, 3.05) is 5.32 Å². The van der Waals surface area contributed by atoms with Crippen molar-refractivity contribution in [3.63, 3.8) is 0 Å². The molecule has 0 fully saturated rings. The van der Waals surface area contributed by atoms with Gasteiger partial charge in [-0.2, -0.15) is 5.10 Å². The smallest absolute Gasteiger partial charge is 0.263 e. The van der Waals surface area contributed by atoms with Crippen LogP contribution in [0.5, 0.6) is 0 Å². The number of hydrogen-bond acceptors (Lipinski definition) is 6. The van der Waals surface area contributed by atoms with Gasteiger partial charge in [0, 0.05) is 23.1 Å². The van der Waals surface area contributed by atoms with E-state index in [4.69, 9.17) is 0 Å². The molecular formula is C21H25N7OS. The third-order valence-corrected chi connectivity index (χ3v) is 5.94. The SMILES string of the molecule is CCCCC(Cc1c[nH]c2ccccc12)NC(=O)c1cnc(NCc2ncn[nH]2)s1. The number of aromatic nitrogens is 5. The zero-order chi connectivity index (χ0) is 20.8. The van der Waals surface area contributed by atoms with Crippen LogP contribution in [-0.4, -0.2) is 37.1 Å². The Morgan fingerprint density at radius 3 is 3.00 bits per heavy atom. The molecule has 30 heavy (non-hydrogen) atoms. The van der Waals surface area contributed by atoms with E-state index in [2.05, 4.69) is 54.8 Å². The minimum absolute atomic E-state index is 0.0735. The molecule has 1 amide bonds. The van der Waals surface area contributed by atoms with E-state index in [1.807, 2.05) is 18.3 Å². The molecule has 0 bridgehead atoms. The van der Waals surface area contributed by atoms with Gasteiger partial charge in [0.25, 0.3) is 5.91 Å². The lowest BCUT2D eigenvalue weighted by Gasteiger charge is -2.18. The number of para-hydroxylation sites is 1. The number of fused-ring (bicyclic) bond motifs is 1. The quantitative estimate of drug-likeness (QED) is 0.309. The first-order valence-corrected chi connectivity index (χ1v) is 10.9. The van der Waals surface area contributed by atoms with Gasteiger partial charge in [-0.3, -0.25) is 9.89 Å². The van der Waals surface area contributed by atoms with Gasteiger partial charge in [-0.1, -0.05) is 49.3 Å². The van der Waals surface area contributed by atoms with Crippen molar-refractivity contribution < 1.29 is 4.79 Å². The molecule has 0 aliphatic carbocycles. The van der Waals surface area contributed by atoms with E-state index >= 15 is 0 Å². The summed E-state index contributed by atoms with van der Waals surface area (Å²) in [6.07, 6.45) is 9.03.